The largest absolute Gasteiger partial charge is 0.481 e. The van der Waals surface area contributed by atoms with Gasteiger partial charge in [-0.1, -0.05) is 24.3 Å². The number of carbonyl (C=O) groups is 2. The van der Waals surface area contributed by atoms with Crippen LogP contribution in [0.5, 0.6) is 0 Å². The second kappa shape index (κ2) is 6.19. The van der Waals surface area contributed by atoms with E-state index < -0.39 is 11.9 Å². The molecule has 27 heavy (non-hydrogen) atoms. The molecule has 1 N–H and O–H groups in total. The number of amides is 1. The average Bonchev–Trinajstić information content (AvgIpc) is 2.93. The van der Waals surface area contributed by atoms with E-state index in [-0.39, 0.29) is 12.5 Å². The Morgan fingerprint density at radius 1 is 1.22 bits per heavy atom. The van der Waals surface area contributed by atoms with E-state index in [1.807, 2.05) is 38.1 Å². The number of carboxylic acids is 1. The molecule has 138 valence electrons. The number of fused-ring (bicyclic) bond motifs is 2. The Hall–Kier alpha value is -3.22. The number of nitrogens with zero attached hydrogens (tertiary/aromatic N) is 4. The molecule has 0 spiro atoms. The van der Waals surface area contributed by atoms with E-state index in [0.29, 0.717) is 17.8 Å². The van der Waals surface area contributed by atoms with Gasteiger partial charge in [-0.2, -0.15) is 5.10 Å². The molecule has 1 atom stereocenters. The maximum Gasteiger partial charge on any atom is 0.312 e. The molecule has 1 aromatic carbocycles. The van der Waals surface area contributed by atoms with Crippen molar-refractivity contribution in [3.05, 3.63) is 58.4 Å². The van der Waals surface area contributed by atoms with Gasteiger partial charge in [0.25, 0.3) is 5.91 Å². The first-order chi connectivity index (χ1) is 12.9. The number of rotatable bonds is 2. The van der Waals surface area contributed by atoms with Gasteiger partial charge in [-0.15, -0.1) is 0 Å². The summed E-state index contributed by atoms with van der Waals surface area (Å²) in [6.07, 6.45) is 0. The van der Waals surface area contributed by atoms with Crippen LogP contribution in [0.1, 0.15) is 38.8 Å². The fraction of sp³-hybridized carbons (Fsp3) is 0.300. The van der Waals surface area contributed by atoms with Crippen LogP contribution in [0.4, 0.5) is 0 Å². The zero-order chi connectivity index (χ0) is 19.3. The number of carbonyl (C=O) groups excluding carboxylic acids is 1. The van der Waals surface area contributed by atoms with Gasteiger partial charge in [0, 0.05) is 25.8 Å². The maximum atomic E-state index is 13.4. The molecule has 1 aliphatic heterocycles. The Balaban J connectivity index is 1.80. The normalized spacial score (nSPS) is 16.4. The summed E-state index contributed by atoms with van der Waals surface area (Å²) >= 11 is 0. The highest BCUT2D eigenvalue weighted by atomic mass is 16.4. The van der Waals surface area contributed by atoms with Crippen molar-refractivity contribution in [2.24, 2.45) is 7.05 Å². The van der Waals surface area contributed by atoms with E-state index in [0.717, 1.165) is 27.9 Å². The number of aryl methyl sites for hydroxylation is 3. The number of hydrogen-bond acceptors (Lipinski definition) is 4. The first kappa shape index (κ1) is 17.2. The summed E-state index contributed by atoms with van der Waals surface area (Å²) in [5, 5.41) is 14.8. The first-order valence-corrected chi connectivity index (χ1v) is 8.77. The smallest absolute Gasteiger partial charge is 0.312 e. The van der Waals surface area contributed by atoms with Crippen LogP contribution in [0.3, 0.4) is 0 Å². The summed E-state index contributed by atoms with van der Waals surface area (Å²) < 4.78 is 1.67. The highest BCUT2D eigenvalue weighted by molar-refractivity contribution is 6.06. The molecule has 0 radical (unpaired) electrons. The van der Waals surface area contributed by atoms with E-state index in [1.54, 1.807) is 22.7 Å². The molecule has 0 fully saturated rings. The minimum absolute atomic E-state index is 0.146. The van der Waals surface area contributed by atoms with E-state index in [2.05, 4.69) is 10.1 Å². The van der Waals surface area contributed by atoms with Gasteiger partial charge in [0.15, 0.2) is 5.65 Å². The van der Waals surface area contributed by atoms with Crippen molar-refractivity contribution < 1.29 is 14.7 Å². The SMILES string of the molecule is Cc1cc(C(=O)N2Cc3ccccc3C(C(=O)O)C2)c2c(C)nn(C)c2n1. The molecule has 7 nitrogen and oxygen atoms in total. The van der Waals surface area contributed by atoms with E-state index in [4.69, 9.17) is 0 Å². The Labute approximate surface area is 156 Å². The monoisotopic (exact) mass is 364 g/mol. The van der Waals surface area contributed by atoms with Gasteiger partial charge in [0.05, 0.1) is 22.6 Å². The fourth-order valence-electron chi connectivity index (χ4n) is 3.88. The lowest BCUT2D eigenvalue weighted by Gasteiger charge is -2.33. The number of pyridine rings is 1. The molecule has 3 heterocycles. The molecule has 1 unspecified atom stereocenters. The molecule has 2 aromatic heterocycles. The van der Waals surface area contributed by atoms with Gasteiger partial charge in [-0.25, -0.2) is 4.98 Å². The Morgan fingerprint density at radius 2 is 1.96 bits per heavy atom. The van der Waals surface area contributed by atoms with Crippen molar-refractivity contribution in [2.45, 2.75) is 26.3 Å². The number of aromatic nitrogens is 3. The minimum atomic E-state index is -0.923. The van der Waals surface area contributed by atoms with Crippen LogP contribution in [0, 0.1) is 13.8 Å². The topological polar surface area (TPSA) is 88.3 Å². The zero-order valence-electron chi connectivity index (χ0n) is 15.4. The minimum Gasteiger partial charge on any atom is -0.481 e. The number of hydrogen-bond donors (Lipinski definition) is 1. The Bertz CT molecular complexity index is 1090. The van der Waals surface area contributed by atoms with Crippen molar-refractivity contribution in [3.8, 4) is 0 Å². The zero-order valence-corrected chi connectivity index (χ0v) is 15.4. The number of aliphatic carboxylic acids is 1. The molecular weight excluding hydrogens is 344 g/mol. The highest BCUT2D eigenvalue weighted by Crippen LogP contribution is 2.31. The fourth-order valence-corrected chi connectivity index (χ4v) is 3.88. The van der Waals surface area contributed by atoms with E-state index in [9.17, 15) is 14.7 Å². The predicted molar refractivity (Wildman–Crippen MR) is 99.5 cm³/mol. The van der Waals surface area contributed by atoms with Crippen LogP contribution >= 0.6 is 0 Å². The lowest BCUT2D eigenvalue weighted by Crippen LogP contribution is -2.40. The molecule has 4 rings (SSSR count). The van der Waals surface area contributed by atoms with Gasteiger partial charge in [-0.05, 0) is 31.0 Å². The molecule has 0 aliphatic carbocycles. The molecule has 0 saturated heterocycles. The molecule has 7 heteroatoms. The molecule has 0 saturated carbocycles. The van der Waals surface area contributed by atoms with E-state index >= 15 is 0 Å². The van der Waals surface area contributed by atoms with Gasteiger partial charge in [0.1, 0.15) is 0 Å². The van der Waals surface area contributed by atoms with Crippen LogP contribution in [0.25, 0.3) is 11.0 Å². The molecular formula is C20H20N4O3. The van der Waals surface area contributed by atoms with Crippen LogP contribution < -0.4 is 0 Å². The van der Waals surface area contributed by atoms with Crippen molar-refractivity contribution in [1.29, 1.82) is 0 Å². The molecule has 1 aliphatic rings. The van der Waals surface area contributed by atoms with E-state index in [1.165, 1.54) is 0 Å². The highest BCUT2D eigenvalue weighted by Gasteiger charge is 2.33. The maximum absolute atomic E-state index is 13.4. The van der Waals surface area contributed by atoms with Crippen molar-refractivity contribution in [3.63, 3.8) is 0 Å². The summed E-state index contributed by atoms with van der Waals surface area (Å²) in [6.45, 7) is 4.22. The third-order valence-corrected chi connectivity index (χ3v) is 5.11. The standard InChI is InChI=1S/C20H20N4O3/c1-11-8-15(17-12(2)22-23(3)18(17)21-11)19(25)24-9-13-6-4-5-7-14(13)16(10-24)20(26)27/h4-8,16H,9-10H2,1-3H3,(H,26,27). The third kappa shape index (κ3) is 2.75. The second-order valence-corrected chi connectivity index (χ2v) is 6.99. The molecule has 1 amide bonds. The Kier molecular flexibility index (Phi) is 3.95. The number of benzene rings is 1. The van der Waals surface area contributed by atoms with Gasteiger partial charge < -0.3 is 10.0 Å². The number of carboxylic acid groups (broad SMARTS) is 1. The molecule has 3 aromatic rings. The van der Waals surface area contributed by atoms with Crippen LogP contribution in [0.2, 0.25) is 0 Å². The summed E-state index contributed by atoms with van der Waals surface area (Å²) in [5.41, 5.74) is 4.28. The third-order valence-electron chi connectivity index (χ3n) is 5.11. The van der Waals surface area contributed by atoms with Crippen molar-refractivity contribution in [2.75, 3.05) is 6.54 Å². The molecule has 0 bridgehead atoms. The summed E-state index contributed by atoms with van der Waals surface area (Å²) in [6, 6.07) is 9.17. The average molecular weight is 364 g/mol. The van der Waals surface area contributed by atoms with Crippen LogP contribution in [-0.4, -0.2) is 43.2 Å². The van der Waals surface area contributed by atoms with Gasteiger partial charge in [-0.3, -0.25) is 14.3 Å². The predicted octanol–water partition coefficient (Wildman–Crippen LogP) is 2.41. The second-order valence-electron chi connectivity index (χ2n) is 6.99. The summed E-state index contributed by atoms with van der Waals surface area (Å²) in [5.74, 6) is -1.84. The quantitative estimate of drug-likeness (QED) is 0.754. The van der Waals surface area contributed by atoms with Crippen molar-refractivity contribution in [1.82, 2.24) is 19.7 Å². The van der Waals surface area contributed by atoms with Crippen LogP contribution in [0.15, 0.2) is 30.3 Å². The Morgan fingerprint density at radius 3 is 2.70 bits per heavy atom. The van der Waals surface area contributed by atoms with Crippen molar-refractivity contribution >= 4 is 22.9 Å². The lowest BCUT2D eigenvalue weighted by atomic mass is 9.89. The van der Waals surface area contributed by atoms with Gasteiger partial charge in [0.2, 0.25) is 0 Å². The lowest BCUT2D eigenvalue weighted by molar-refractivity contribution is -0.139. The van der Waals surface area contributed by atoms with Gasteiger partial charge >= 0.3 is 5.97 Å². The summed E-state index contributed by atoms with van der Waals surface area (Å²) in [7, 11) is 1.80. The van der Waals surface area contributed by atoms with Crippen LogP contribution in [-0.2, 0) is 18.4 Å². The summed E-state index contributed by atoms with van der Waals surface area (Å²) in [4.78, 5) is 31.3. The first-order valence-electron chi connectivity index (χ1n) is 8.77.